The number of benzene rings is 2. The monoisotopic (exact) mass is 366 g/mol. The largest absolute Gasteiger partial charge is 0.362 e. The van der Waals surface area contributed by atoms with Crippen molar-refractivity contribution in [2.24, 2.45) is 0 Å². The van der Waals surface area contributed by atoms with Crippen molar-refractivity contribution in [2.75, 3.05) is 17.6 Å². The lowest BCUT2D eigenvalue weighted by Gasteiger charge is -2.10. The average Bonchev–Trinajstić information content (AvgIpc) is 2.54. The van der Waals surface area contributed by atoms with Gasteiger partial charge in [-0.1, -0.05) is 29.8 Å². The van der Waals surface area contributed by atoms with Crippen molar-refractivity contribution in [1.29, 1.82) is 0 Å². The maximum atomic E-state index is 13.1. The second-order valence-corrected chi connectivity index (χ2v) is 6.92. The molecule has 0 unspecified atom stereocenters. The van der Waals surface area contributed by atoms with E-state index >= 15 is 0 Å². The minimum Gasteiger partial charge on any atom is -0.362 e. The second kappa shape index (κ2) is 9.59. The van der Waals surface area contributed by atoms with Crippen molar-refractivity contribution >= 4 is 34.8 Å². The molecule has 0 bridgehead atoms. The van der Waals surface area contributed by atoms with Crippen LogP contribution in [0.25, 0.3) is 0 Å². The van der Waals surface area contributed by atoms with Crippen LogP contribution in [-0.4, -0.2) is 17.4 Å². The van der Waals surface area contributed by atoms with E-state index in [1.807, 2.05) is 11.8 Å². The molecule has 24 heavy (non-hydrogen) atoms. The van der Waals surface area contributed by atoms with Crippen molar-refractivity contribution < 1.29 is 8.78 Å². The molecule has 2 aromatic carbocycles. The lowest BCUT2D eigenvalue weighted by molar-refractivity contribution is 0.509. The molecule has 2 rings (SSSR count). The molecule has 2 nitrogen and oxygen atoms in total. The number of hydrogen-bond acceptors (Lipinski definition) is 2. The molecule has 0 saturated carbocycles. The predicted octanol–water partition coefficient (Wildman–Crippen LogP) is 4.88. The molecule has 0 aliphatic rings. The first-order chi connectivity index (χ1) is 11.5. The second-order valence-electron chi connectivity index (χ2n) is 5.40. The molecular formula is C18H20F2N2S2. The Balaban J connectivity index is 1.60. The van der Waals surface area contributed by atoms with Crippen LogP contribution in [0.5, 0.6) is 0 Å². The van der Waals surface area contributed by atoms with Gasteiger partial charge in [0, 0.05) is 24.1 Å². The van der Waals surface area contributed by atoms with Crippen molar-refractivity contribution in [3.05, 3.63) is 65.2 Å². The Bertz CT molecular complexity index is 692. The highest BCUT2D eigenvalue weighted by molar-refractivity contribution is 7.98. The zero-order valence-electron chi connectivity index (χ0n) is 13.4. The van der Waals surface area contributed by atoms with E-state index in [4.69, 9.17) is 12.2 Å². The molecule has 2 N–H and O–H groups in total. The van der Waals surface area contributed by atoms with Crippen LogP contribution in [0, 0.1) is 18.6 Å². The molecule has 2 aromatic rings. The molecule has 0 fully saturated rings. The van der Waals surface area contributed by atoms with Gasteiger partial charge in [-0.25, -0.2) is 8.78 Å². The van der Waals surface area contributed by atoms with E-state index in [0.717, 1.165) is 36.6 Å². The summed E-state index contributed by atoms with van der Waals surface area (Å²) in [4.78, 5) is 0. The summed E-state index contributed by atoms with van der Waals surface area (Å²) in [5.74, 6) is 0.258. The maximum absolute atomic E-state index is 13.1. The molecule has 0 aromatic heterocycles. The quantitative estimate of drug-likeness (QED) is 0.539. The van der Waals surface area contributed by atoms with Crippen LogP contribution in [0.2, 0.25) is 0 Å². The van der Waals surface area contributed by atoms with Crippen molar-refractivity contribution in [2.45, 2.75) is 19.1 Å². The Hall–Kier alpha value is -1.66. The third-order valence-corrected chi connectivity index (χ3v) is 4.64. The molecule has 0 saturated heterocycles. The van der Waals surface area contributed by atoms with Gasteiger partial charge >= 0.3 is 0 Å². The van der Waals surface area contributed by atoms with Crippen LogP contribution in [-0.2, 0) is 5.75 Å². The van der Waals surface area contributed by atoms with Crippen LogP contribution in [0.1, 0.15) is 17.5 Å². The summed E-state index contributed by atoms with van der Waals surface area (Å²) in [5.41, 5.74) is 3.05. The topological polar surface area (TPSA) is 24.1 Å². The lowest BCUT2D eigenvalue weighted by Crippen LogP contribution is -2.29. The molecule has 0 amide bonds. The molecule has 0 aliphatic heterocycles. The van der Waals surface area contributed by atoms with Gasteiger partial charge in [-0.15, -0.1) is 0 Å². The highest BCUT2D eigenvalue weighted by Crippen LogP contribution is 2.14. The number of rotatable bonds is 7. The smallest absolute Gasteiger partial charge is 0.170 e. The summed E-state index contributed by atoms with van der Waals surface area (Å²) in [6.07, 6.45) is 0.968. The van der Waals surface area contributed by atoms with E-state index in [9.17, 15) is 8.78 Å². The first-order valence-corrected chi connectivity index (χ1v) is 9.24. The zero-order chi connectivity index (χ0) is 17.4. The number of aryl methyl sites for hydroxylation is 1. The normalized spacial score (nSPS) is 10.5. The summed E-state index contributed by atoms with van der Waals surface area (Å²) in [6.45, 7) is 2.83. The fourth-order valence-electron chi connectivity index (χ4n) is 2.12. The molecule has 0 spiro atoms. The molecule has 6 heteroatoms. The Labute approximate surface area is 151 Å². The summed E-state index contributed by atoms with van der Waals surface area (Å²) in [5, 5.41) is 6.31. The average molecular weight is 367 g/mol. The zero-order valence-corrected chi connectivity index (χ0v) is 15.1. The maximum Gasteiger partial charge on any atom is 0.170 e. The minimum atomic E-state index is -0.893. The van der Waals surface area contributed by atoms with E-state index in [1.165, 1.54) is 17.2 Å². The molecule has 0 radical (unpaired) electrons. The fraction of sp³-hybridized carbons (Fsp3) is 0.278. The number of thioether (sulfide) groups is 1. The van der Waals surface area contributed by atoms with Crippen LogP contribution < -0.4 is 10.6 Å². The Morgan fingerprint density at radius 3 is 2.71 bits per heavy atom. The number of halogens is 2. The van der Waals surface area contributed by atoms with Gasteiger partial charge in [-0.2, -0.15) is 11.8 Å². The number of thiocarbonyl (C=S) groups is 1. The van der Waals surface area contributed by atoms with E-state index in [-0.39, 0.29) is 0 Å². The molecule has 0 heterocycles. The molecular weight excluding hydrogens is 346 g/mol. The third-order valence-electron chi connectivity index (χ3n) is 3.28. The van der Waals surface area contributed by atoms with Crippen LogP contribution in [0.4, 0.5) is 14.5 Å². The summed E-state index contributed by atoms with van der Waals surface area (Å²) >= 11 is 7.02. The Morgan fingerprint density at radius 1 is 1.12 bits per heavy atom. The SMILES string of the molecule is Cc1cccc(CSCCCNC(=S)Nc2ccc(F)c(F)c2)c1. The van der Waals surface area contributed by atoms with E-state index in [0.29, 0.717) is 10.8 Å². The van der Waals surface area contributed by atoms with Gasteiger partial charge in [0.15, 0.2) is 16.7 Å². The molecule has 128 valence electrons. The number of hydrogen-bond donors (Lipinski definition) is 2. The fourth-order valence-corrected chi connectivity index (χ4v) is 3.25. The first-order valence-electron chi connectivity index (χ1n) is 7.68. The lowest BCUT2D eigenvalue weighted by atomic mass is 10.2. The highest BCUT2D eigenvalue weighted by atomic mass is 32.2. The van der Waals surface area contributed by atoms with E-state index in [2.05, 4.69) is 41.8 Å². The van der Waals surface area contributed by atoms with Gasteiger partial charge in [0.2, 0.25) is 0 Å². The number of nitrogens with one attached hydrogen (secondary N) is 2. The summed E-state index contributed by atoms with van der Waals surface area (Å²) < 4.78 is 26.0. The van der Waals surface area contributed by atoms with Gasteiger partial charge in [-0.3, -0.25) is 0 Å². The third kappa shape index (κ3) is 6.45. The van der Waals surface area contributed by atoms with Crippen LogP contribution in [0.15, 0.2) is 42.5 Å². The number of anilines is 1. The van der Waals surface area contributed by atoms with Crippen molar-refractivity contribution in [3.8, 4) is 0 Å². The first kappa shape index (κ1) is 18.7. The van der Waals surface area contributed by atoms with E-state index in [1.54, 1.807) is 0 Å². The molecule has 0 atom stereocenters. The summed E-state index contributed by atoms with van der Waals surface area (Å²) in [6, 6.07) is 12.1. The highest BCUT2D eigenvalue weighted by Gasteiger charge is 2.03. The molecule has 0 aliphatic carbocycles. The van der Waals surface area contributed by atoms with Gasteiger partial charge in [0.1, 0.15) is 0 Å². The minimum absolute atomic E-state index is 0.407. The Kier molecular flexibility index (Phi) is 7.46. The Morgan fingerprint density at radius 2 is 1.96 bits per heavy atom. The van der Waals surface area contributed by atoms with Gasteiger partial charge < -0.3 is 10.6 Å². The van der Waals surface area contributed by atoms with Gasteiger partial charge in [-0.05, 0) is 49.0 Å². The van der Waals surface area contributed by atoms with Crippen LogP contribution >= 0.6 is 24.0 Å². The van der Waals surface area contributed by atoms with Crippen molar-refractivity contribution in [3.63, 3.8) is 0 Å². The van der Waals surface area contributed by atoms with Gasteiger partial charge in [0.05, 0.1) is 0 Å². The van der Waals surface area contributed by atoms with Crippen molar-refractivity contribution in [1.82, 2.24) is 5.32 Å². The summed E-state index contributed by atoms with van der Waals surface area (Å²) in [7, 11) is 0. The van der Waals surface area contributed by atoms with E-state index < -0.39 is 11.6 Å². The standard InChI is InChI=1S/C18H20F2N2S2/c1-13-4-2-5-14(10-13)12-24-9-3-8-21-18(23)22-15-6-7-16(19)17(20)11-15/h2,4-7,10-11H,3,8-9,12H2,1H3,(H2,21,22,23). The van der Waals surface area contributed by atoms with Gasteiger partial charge in [0.25, 0.3) is 0 Å². The predicted molar refractivity (Wildman–Crippen MR) is 103 cm³/mol. The van der Waals surface area contributed by atoms with Crippen LogP contribution in [0.3, 0.4) is 0 Å².